The quantitative estimate of drug-likeness (QED) is 0.707. The van der Waals surface area contributed by atoms with Crippen molar-refractivity contribution >= 4 is 23.5 Å². The highest BCUT2D eigenvalue weighted by molar-refractivity contribution is 7.80. The van der Waals surface area contributed by atoms with Gasteiger partial charge in [-0.2, -0.15) is 0 Å². The molecule has 1 N–H and O–H groups in total. The summed E-state index contributed by atoms with van der Waals surface area (Å²) in [6.45, 7) is 0. The molecule has 20 heavy (non-hydrogen) atoms. The zero-order valence-electron chi connectivity index (χ0n) is 10.9. The van der Waals surface area contributed by atoms with Crippen LogP contribution >= 0.6 is 12.6 Å². The van der Waals surface area contributed by atoms with Gasteiger partial charge in [-0.05, 0) is 17.7 Å². The van der Waals surface area contributed by atoms with Crippen LogP contribution in [0.5, 0.6) is 5.75 Å². The number of hydrogen-bond donors (Lipinski definition) is 2. The summed E-state index contributed by atoms with van der Waals surface area (Å²) in [6, 6.07) is 14.9. The van der Waals surface area contributed by atoms with Crippen LogP contribution < -0.4 is 10.2 Å². The van der Waals surface area contributed by atoms with Gasteiger partial charge >= 0.3 is 0 Å². The predicted molar refractivity (Wildman–Crippen MR) is 83.8 cm³/mol. The van der Waals surface area contributed by atoms with Gasteiger partial charge in [0.05, 0.1) is 23.2 Å². The number of thiol groups is 1. The Morgan fingerprint density at radius 2 is 1.85 bits per heavy atom. The maximum absolute atomic E-state index is 12.6. The van der Waals surface area contributed by atoms with Gasteiger partial charge in [-0.15, -0.1) is 12.6 Å². The Kier molecular flexibility index (Phi) is 3.24. The number of H-pyrrole nitrogens is 1. The van der Waals surface area contributed by atoms with Crippen molar-refractivity contribution in [1.82, 2.24) is 4.98 Å². The summed E-state index contributed by atoms with van der Waals surface area (Å²) in [7, 11) is 1.60. The highest BCUT2D eigenvalue weighted by Crippen LogP contribution is 2.25. The molecule has 0 radical (unpaired) electrons. The van der Waals surface area contributed by atoms with E-state index in [-0.39, 0.29) is 5.43 Å². The van der Waals surface area contributed by atoms with Crippen molar-refractivity contribution in [2.45, 2.75) is 5.03 Å². The highest BCUT2D eigenvalue weighted by Gasteiger charge is 2.12. The molecule has 1 aromatic heterocycles. The minimum Gasteiger partial charge on any atom is -0.497 e. The van der Waals surface area contributed by atoms with Gasteiger partial charge in [0, 0.05) is 11.5 Å². The first kappa shape index (κ1) is 12.8. The molecule has 0 bridgehead atoms. The molecule has 0 aliphatic carbocycles. The lowest BCUT2D eigenvalue weighted by atomic mass is 10.0. The smallest absolute Gasteiger partial charge is 0.198 e. The average molecular weight is 283 g/mol. The molecule has 4 heteroatoms. The van der Waals surface area contributed by atoms with E-state index >= 15 is 0 Å². The molecule has 2 aromatic carbocycles. The Hall–Kier alpha value is -2.20. The van der Waals surface area contributed by atoms with Crippen molar-refractivity contribution in [2.75, 3.05) is 7.11 Å². The minimum atomic E-state index is -0.0300. The fraction of sp³-hybridized carbons (Fsp3) is 0.0625. The largest absolute Gasteiger partial charge is 0.497 e. The van der Waals surface area contributed by atoms with Gasteiger partial charge in [-0.25, -0.2) is 0 Å². The van der Waals surface area contributed by atoms with E-state index in [1.54, 1.807) is 25.3 Å². The van der Waals surface area contributed by atoms with E-state index in [0.29, 0.717) is 21.7 Å². The minimum absolute atomic E-state index is 0.0300. The van der Waals surface area contributed by atoms with E-state index in [4.69, 9.17) is 4.74 Å². The average Bonchev–Trinajstić information content (AvgIpc) is 2.47. The van der Waals surface area contributed by atoms with E-state index in [1.165, 1.54) is 0 Å². The zero-order chi connectivity index (χ0) is 14.1. The Morgan fingerprint density at radius 3 is 2.55 bits per heavy atom. The third kappa shape index (κ3) is 2.08. The number of pyridine rings is 1. The van der Waals surface area contributed by atoms with E-state index in [9.17, 15) is 4.79 Å². The fourth-order valence-corrected chi connectivity index (χ4v) is 2.61. The number of ether oxygens (including phenoxy) is 1. The molecule has 3 rings (SSSR count). The molecule has 0 atom stereocenters. The van der Waals surface area contributed by atoms with Crippen LogP contribution in [-0.4, -0.2) is 12.1 Å². The number of nitrogens with one attached hydrogen (secondary N) is 1. The first-order valence-corrected chi connectivity index (χ1v) is 6.64. The van der Waals surface area contributed by atoms with Crippen LogP contribution in [0.3, 0.4) is 0 Å². The Balaban J connectivity index is 2.33. The van der Waals surface area contributed by atoms with Crippen molar-refractivity contribution < 1.29 is 4.74 Å². The number of methoxy groups -OCH3 is 1. The van der Waals surface area contributed by atoms with E-state index in [1.807, 2.05) is 30.3 Å². The van der Waals surface area contributed by atoms with Crippen LogP contribution in [0.1, 0.15) is 0 Å². The second-order valence-electron chi connectivity index (χ2n) is 4.46. The monoisotopic (exact) mass is 283 g/mol. The molecule has 0 saturated carbocycles. The van der Waals surface area contributed by atoms with Crippen LogP contribution in [0.15, 0.2) is 58.4 Å². The second kappa shape index (κ2) is 5.06. The van der Waals surface area contributed by atoms with Crippen molar-refractivity contribution in [2.24, 2.45) is 0 Å². The normalized spacial score (nSPS) is 10.7. The first-order chi connectivity index (χ1) is 9.70. The maximum atomic E-state index is 12.6. The number of fused-ring (bicyclic) bond motifs is 1. The van der Waals surface area contributed by atoms with Gasteiger partial charge < -0.3 is 9.72 Å². The van der Waals surface area contributed by atoms with Gasteiger partial charge in [-0.3, -0.25) is 4.79 Å². The van der Waals surface area contributed by atoms with Crippen LogP contribution in [0.2, 0.25) is 0 Å². The molecule has 0 aliphatic rings. The van der Waals surface area contributed by atoms with Gasteiger partial charge in [0.1, 0.15) is 5.75 Å². The lowest BCUT2D eigenvalue weighted by molar-refractivity contribution is 0.415. The molecular formula is C16H13NO2S. The molecule has 0 fully saturated rings. The van der Waals surface area contributed by atoms with Crippen molar-refractivity contribution in [3.8, 4) is 16.9 Å². The van der Waals surface area contributed by atoms with Gasteiger partial charge in [0.15, 0.2) is 5.43 Å². The number of rotatable bonds is 2. The van der Waals surface area contributed by atoms with E-state index < -0.39 is 0 Å². The molecule has 1 heterocycles. The molecule has 0 saturated heterocycles. The topological polar surface area (TPSA) is 42.1 Å². The van der Waals surface area contributed by atoms with Crippen LogP contribution in [-0.2, 0) is 0 Å². The number of benzene rings is 2. The van der Waals surface area contributed by atoms with E-state index in [2.05, 4.69) is 17.6 Å². The zero-order valence-corrected chi connectivity index (χ0v) is 11.8. The molecule has 100 valence electrons. The summed E-state index contributed by atoms with van der Waals surface area (Å²) in [5.41, 5.74) is 2.14. The molecule has 0 aliphatic heterocycles. The third-order valence-electron chi connectivity index (χ3n) is 3.25. The predicted octanol–water partition coefficient (Wildman–Crippen LogP) is 3.49. The second-order valence-corrected chi connectivity index (χ2v) is 4.90. The molecular weight excluding hydrogens is 270 g/mol. The number of hydrogen-bond acceptors (Lipinski definition) is 3. The van der Waals surface area contributed by atoms with Crippen molar-refractivity contribution in [1.29, 1.82) is 0 Å². The summed E-state index contributed by atoms with van der Waals surface area (Å²) in [5, 5.41) is 1.18. The SMILES string of the molecule is COc1ccc2c(=O)c(-c3ccccc3)c(S)[nH]c2c1. The van der Waals surface area contributed by atoms with Crippen LogP contribution in [0.25, 0.3) is 22.0 Å². The van der Waals surface area contributed by atoms with Crippen LogP contribution in [0.4, 0.5) is 0 Å². The van der Waals surface area contributed by atoms with Crippen molar-refractivity contribution in [3.05, 3.63) is 58.8 Å². The van der Waals surface area contributed by atoms with Gasteiger partial charge in [-0.1, -0.05) is 30.3 Å². The fourth-order valence-electron chi connectivity index (χ4n) is 2.26. The highest BCUT2D eigenvalue weighted by atomic mass is 32.1. The van der Waals surface area contributed by atoms with Crippen LogP contribution in [0, 0.1) is 0 Å². The summed E-state index contributed by atoms with van der Waals surface area (Å²) >= 11 is 4.42. The first-order valence-electron chi connectivity index (χ1n) is 6.19. The Bertz CT molecular complexity index is 825. The summed E-state index contributed by atoms with van der Waals surface area (Å²) in [4.78, 5) is 15.8. The number of aromatic amines is 1. The maximum Gasteiger partial charge on any atom is 0.198 e. The summed E-state index contributed by atoms with van der Waals surface area (Å²) in [5.74, 6) is 0.702. The van der Waals surface area contributed by atoms with Gasteiger partial charge in [0.25, 0.3) is 0 Å². The van der Waals surface area contributed by atoms with Crippen molar-refractivity contribution in [3.63, 3.8) is 0 Å². The molecule has 0 amide bonds. The lowest BCUT2D eigenvalue weighted by Gasteiger charge is -2.08. The van der Waals surface area contributed by atoms with E-state index in [0.717, 1.165) is 11.1 Å². The summed E-state index contributed by atoms with van der Waals surface area (Å²) < 4.78 is 5.17. The lowest BCUT2D eigenvalue weighted by Crippen LogP contribution is -2.08. The molecule has 0 unspecified atom stereocenters. The summed E-state index contributed by atoms with van der Waals surface area (Å²) in [6.07, 6.45) is 0. The Labute approximate surface area is 121 Å². The third-order valence-corrected chi connectivity index (χ3v) is 3.59. The molecule has 3 nitrogen and oxygen atoms in total. The standard InChI is InChI=1S/C16H13NO2S/c1-19-11-7-8-12-13(9-11)17-16(20)14(15(12)18)10-5-3-2-4-6-10/h2-9H,1H3,(H2,17,18,20). The Morgan fingerprint density at radius 1 is 1.10 bits per heavy atom. The molecule has 0 spiro atoms. The van der Waals surface area contributed by atoms with Gasteiger partial charge in [0.2, 0.25) is 0 Å². The molecule has 3 aromatic rings. The number of aromatic nitrogens is 1.